The zero-order valence-corrected chi connectivity index (χ0v) is 7.56. The Bertz CT molecular complexity index is 328. The van der Waals surface area contributed by atoms with Gasteiger partial charge in [0.05, 0.1) is 0 Å². The molecule has 0 atom stereocenters. The van der Waals surface area contributed by atoms with Crippen molar-refractivity contribution in [3.8, 4) is 0 Å². The molecule has 0 aliphatic carbocycles. The van der Waals surface area contributed by atoms with Crippen molar-refractivity contribution in [2.75, 3.05) is 0 Å². The molecule has 0 spiro atoms. The summed E-state index contributed by atoms with van der Waals surface area (Å²) < 4.78 is 0. The molecule has 62 valence electrons. The van der Waals surface area contributed by atoms with E-state index < -0.39 is 0 Å². The summed E-state index contributed by atoms with van der Waals surface area (Å²) >= 11 is 5.71. The third-order valence-electron chi connectivity index (χ3n) is 1.47. The predicted octanol–water partition coefficient (Wildman–Crippen LogP) is 3.10. The standard InChI is InChI=1S/C10H9ClO/c1-7(2)10(12)8-4-3-5-9(11)6-8/h3-6H,1H2,2H3. The molecule has 0 bridgehead atoms. The normalized spacial score (nSPS) is 9.50. The number of rotatable bonds is 2. The number of hydrogen-bond donors (Lipinski definition) is 0. The molecule has 0 radical (unpaired) electrons. The third-order valence-corrected chi connectivity index (χ3v) is 1.71. The second-order valence-electron chi connectivity index (χ2n) is 2.62. The second kappa shape index (κ2) is 3.55. The Balaban J connectivity index is 3.04. The second-order valence-corrected chi connectivity index (χ2v) is 3.06. The van der Waals surface area contributed by atoms with Crippen molar-refractivity contribution in [2.45, 2.75) is 6.92 Å². The van der Waals surface area contributed by atoms with Crippen molar-refractivity contribution >= 4 is 17.4 Å². The van der Waals surface area contributed by atoms with Crippen LogP contribution >= 0.6 is 11.6 Å². The van der Waals surface area contributed by atoms with Crippen molar-refractivity contribution in [3.05, 3.63) is 47.0 Å². The van der Waals surface area contributed by atoms with Crippen molar-refractivity contribution < 1.29 is 4.79 Å². The first-order chi connectivity index (χ1) is 5.61. The van der Waals surface area contributed by atoms with Crippen LogP contribution in [0.1, 0.15) is 17.3 Å². The molecule has 1 rings (SSSR count). The molecule has 0 aromatic heterocycles. The summed E-state index contributed by atoms with van der Waals surface area (Å²) in [5.41, 5.74) is 1.12. The van der Waals surface area contributed by atoms with Gasteiger partial charge in [-0.25, -0.2) is 0 Å². The molecule has 1 aromatic carbocycles. The van der Waals surface area contributed by atoms with Crippen molar-refractivity contribution in [1.29, 1.82) is 0 Å². The van der Waals surface area contributed by atoms with Gasteiger partial charge in [0.15, 0.2) is 5.78 Å². The van der Waals surface area contributed by atoms with E-state index in [0.717, 1.165) is 0 Å². The molecule has 1 aromatic rings. The maximum absolute atomic E-state index is 11.3. The Morgan fingerprint density at radius 3 is 2.67 bits per heavy atom. The lowest BCUT2D eigenvalue weighted by Gasteiger charge is -1.98. The first-order valence-electron chi connectivity index (χ1n) is 3.57. The highest BCUT2D eigenvalue weighted by Gasteiger charge is 2.05. The van der Waals surface area contributed by atoms with E-state index in [1.54, 1.807) is 31.2 Å². The molecule has 0 heterocycles. The van der Waals surface area contributed by atoms with Gasteiger partial charge in [-0.1, -0.05) is 30.3 Å². The summed E-state index contributed by atoms with van der Waals surface area (Å²) in [6.07, 6.45) is 0. The molecule has 0 amide bonds. The molecule has 0 saturated heterocycles. The highest BCUT2D eigenvalue weighted by Crippen LogP contribution is 2.13. The summed E-state index contributed by atoms with van der Waals surface area (Å²) in [7, 11) is 0. The Kier molecular flexibility index (Phi) is 2.66. The minimum absolute atomic E-state index is 0.0579. The van der Waals surface area contributed by atoms with E-state index in [0.29, 0.717) is 16.2 Å². The zero-order chi connectivity index (χ0) is 9.14. The van der Waals surface area contributed by atoms with Crippen LogP contribution in [0.3, 0.4) is 0 Å². The number of carbonyl (C=O) groups excluding carboxylic acids is 1. The lowest BCUT2D eigenvalue weighted by molar-refractivity contribution is 0.103. The van der Waals surface area contributed by atoms with Gasteiger partial charge in [0.1, 0.15) is 0 Å². The Morgan fingerprint density at radius 2 is 2.17 bits per heavy atom. The highest BCUT2D eigenvalue weighted by molar-refractivity contribution is 6.31. The largest absolute Gasteiger partial charge is 0.289 e. The highest BCUT2D eigenvalue weighted by atomic mass is 35.5. The van der Waals surface area contributed by atoms with E-state index >= 15 is 0 Å². The van der Waals surface area contributed by atoms with E-state index in [1.165, 1.54) is 0 Å². The first kappa shape index (κ1) is 9.01. The average Bonchev–Trinajstić information content (AvgIpc) is 2.03. The number of allylic oxidation sites excluding steroid dienone is 1. The van der Waals surface area contributed by atoms with Crippen LogP contribution in [0.15, 0.2) is 36.4 Å². The Morgan fingerprint density at radius 1 is 1.50 bits per heavy atom. The van der Waals surface area contributed by atoms with Crippen LogP contribution in [0.5, 0.6) is 0 Å². The van der Waals surface area contributed by atoms with Crippen LogP contribution in [0.25, 0.3) is 0 Å². The fourth-order valence-electron chi connectivity index (χ4n) is 0.876. The number of Topliss-reactive ketones (excluding diaryl/α,β-unsaturated/α-hetero) is 1. The number of ketones is 1. The zero-order valence-electron chi connectivity index (χ0n) is 6.80. The van der Waals surface area contributed by atoms with Crippen LogP contribution in [0, 0.1) is 0 Å². The topological polar surface area (TPSA) is 17.1 Å². The maximum Gasteiger partial charge on any atom is 0.188 e. The Hall–Kier alpha value is -1.08. The quantitative estimate of drug-likeness (QED) is 0.505. The monoisotopic (exact) mass is 180 g/mol. The van der Waals surface area contributed by atoms with Gasteiger partial charge in [0.25, 0.3) is 0 Å². The minimum atomic E-state index is -0.0579. The van der Waals surface area contributed by atoms with E-state index in [4.69, 9.17) is 11.6 Å². The van der Waals surface area contributed by atoms with Crippen LogP contribution in [0.4, 0.5) is 0 Å². The van der Waals surface area contributed by atoms with Crippen molar-refractivity contribution in [1.82, 2.24) is 0 Å². The molecule has 0 aliphatic rings. The molecule has 1 nitrogen and oxygen atoms in total. The van der Waals surface area contributed by atoms with E-state index in [2.05, 4.69) is 6.58 Å². The van der Waals surface area contributed by atoms with Gasteiger partial charge in [-0.05, 0) is 24.6 Å². The lowest BCUT2D eigenvalue weighted by atomic mass is 10.1. The van der Waals surface area contributed by atoms with Crippen LogP contribution in [-0.2, 0) is 0 Å². The summed E-state index contributed by atoms with van der Waals surface area (Å²) in [5, 5.41) is 0.571. The van der Waals surface area contributed by atoms with E-state index in [1.807, 2.05) is 0 Å². The van der Waals surface area contributed by atoms with Gasteiger partial charge < -0.3 is 0 Å². The number of halogens is 1. The molecular weight excluding hydrogens is 172 g/mol. The van der Waals surface area contributed by atoms with Gasteiger partial charge in [-0.15, -0.1) is 0 Å². The molecular formula is C10H9ClO. The minimum Gasteiger partial charge on any atom is -0.289 e. The smallest absolute Gasteiger partial charge is 0.188 e. The number of hydrogen-bond acceptors (Lipinski definition) is 1. The fraction of sp³-hybridized carbons (Fsp3) is 0.100. The number of benzene rings is 1. The van der Waals surface area contributed by atoms with E-state index in [9.17, 15) is 4.79 Å². The molecule has 0 fully saturated rings. The molecule has 0 unspecified atom stereocenters. The summed E-state index contributed by atoms with van der Waals surface area (Å²) in [6.45, 7) is 5.25. The van der Waals surface area contributed by atoms with E-state index in [-0.39, 0.29) is 5.78 Å². The molecule has 0 N–H and O–H groups in total. The third kappa shape index (κ3) is 1.95. The van der Waals surface area contributed by atoms with Gasteiger partial charge in [0, 0.05) is 10.6 Å². The summed E-state index contributed by atoms with van der Waals surface area (Å²) in [6, 6.07) is 6.84. The number of carbonyl (C=O) groups is 1. The van der Waals surface area contributed by atoms with Crippen LogP contribution in [0.2, 0.25) is 5.02 Å². The van der Waals surface area contributed by atoms with Crippen LogP contribution in [-0.4, -0.2) is 5.78 Å². The summed E-state index contributed by atoms with van der Waals surface area (Å²) in [4.78, 5) is 11.3. The molecule has 0 saturated carbocycles. The average molecular weight is 181 g/mol. The van der Waals surface area contributed by atoms with Crippen molar-refractivity contribution in [2.24, 2.45) is 0 Å². The summed E-state index contributed by atoms with van der Waals surface area (Å²) in [5.74, 6) is -0.0579. The van der Waals surface area contributed by atoms with Crippen molar-refractivity contribution in [3.63, 3.8) is 0 Å². The lowest BCUT2D eigenvalue weighted by Crippen LogP contribution is -1.98. The van der Waals surface area contributed by atoms with Gasteiger partial charge >= 0.3 is 0 Å². The Labute approximate surface area is 76.7 Å². The van der Waals surface area contributed by atoms with Gasteiger partial charge in [0.2, 0.25) is 0 Å². The first-order valence-corrected chi connectivity index (χ1v) is 3.95. The molecule has 12 heavy (non-hydrogen) atoms. The van der Waals surface area contributed by atoms with Gasteiger partial charge in [-0.2, -0.15) is 0 Å². The maximum atomic E-state index is 11.3. The molecule has 0 aliphatic heterocycles. The predicted molar refractivity (Wildman–Crippen MR) is 50.6 cm³/mol. The SMILES string of the molecule is C=C(C)C(=O)c1cccc(Cl)c1. The fourth-order valence-corrected chi connectivity index (χ4v) is 1.07. The molecule has 2 heteroatoms. The van der Waals surface area contributed by atoms with Gasteiger partial charge in [-0.3, -0.25) is 4.79 Å². The van der Waals surface area contributed by atoms with Crippen LogP contribution < -0.4 is 0 Å².